The molecule has 1 aromatic heterocycles. The highest BCUT2D eigenvalue weighted by Gasteiger charge is 2.05. The minimum Gasteiger partial charge on any atom is -0.258 e. The van der Waals surface area contributed by atoms with Crippen molar-refractivity contribution in [2.24, 2.45) is 0 Å². The maximum atomic E-state index is 10.5. The Kier molecular flexibility index (Phi) is 3.97. The molecular weight excluding hydrogens is 278 g/mol. The highest BCUT2D eigenvalue weighted by Crippen LogP contribution is 2.23. The van der Waals surface area contributed by atoms with E-state index < -0.39 is 4.92 Å². The van der Waals surface area contributed by atoms with Gasteiger partial charge in [-0.2, -0.15) is 4.37 Å². The minimum atomic E-state index is -0.411. The Bertz CT molecular complexity index is 527. The number of aromatic nitrogens is 2. The first kappa shape index (κ1) is 12.3. The number of hydrogen-bond acceptors (Lipinski definition) is 7. The Labute approximate surface area is 111 Å². The van der Waals surface area contributed by atoms with Crippen LogP contribution in [-0.2, 0) is 5.75 Å². The third-order valence-electron chi connectivity index (χ3n) is 1.91. The second-order valence-electron chi connectivity index (χ2n) is 3.07. The van der Waals surface area contributed by atoms with Gasteiger partial charge in [0, 0.05) is 17.9 Å². The van der Waals surface area contributed by atoms with E-state index in [-0.39, 0.29) is 5.69 Å². The number of rotatable bonds is 4. The number of non-ortho nitro benzene ring substituents is 1. The van der Waals surface area contributed by atoms with Crippen molar-refractivity contribution in [2.45, 2.75) is 15.2 Å². The molecule has 2 rings (SSSR count). The van der Waals surface area contributed by atoms with Gasteiger partial charge >= 0.3 is 0 Å². The average Bonchev–Trinajstić information content (AvgIpc) is 2.73. The summed E-state index contributed by atoms with van der Waals surface area (Å²) in [5.41, 5.74) is 1.10. The number of nitrogens with zero attached hydrogens (tertiary/aromatic N) is 3. The van der Waals surface area contributed by atoms with Crippen LogP contribution in [0, 0.1) is 10.1 Å². The number of hydrogen-bond donors (Lipinski definition) is 1. The first-order chi connectivity index (χ1) is 8.15. The molecule has 1 aromatic carbocycles. The second-order valence-corrected chi connectivity index (χ2v) is 5.49. The zero-order valence-corrected chi connectivity index (χ0v) is 11.0. The van der Waals surface area contributed by atoms with Crippen molar-refractivity contribution in [3.63, 3.8) is 0 Å². The Morgan fingerprint density at radius 1 is 1.41 bits per heavy atom. The molecule has 0 saturated heterocycles. The van der Waals surface area contributed by atoms with Crippen LogP contribution < -0.4 is 0 Å². The van der Waals surface area contributed by atoms with Crippen LogP contribution in [0.2, 0.25) is 0 Å². The van der Waals surface area contributed by atoms with Crippen LogP contribution in [0.3, 0.4) is 0 Å². The van der Waals surface area contributed by atoms with Gasteiger partial charge < -0.3 is 0 Å². The van der Waals surface area contributed by atoms with E-state index in [0.717, 1.165) is 5.56 Å². The summed E-state index contributed by atoms with van der Waals surface area (Å²) in [7, 11) is 0. The van der Waals surface area contributed by atoms with Gasteiger partial charge in [0.15, 0.2) is 4.34 Å². The molecule has 8 heteroatoms. The molecule has 0 unspecified atom stereocenters. The van der Waals surface area contributed by atoms with Gasteiger partial charge in [-0.3, -0.25) is 10.1 Å². The molecule has 0 radical (unpaired) electrons. The summed E-state index contributed by atoms with van der Waals surface area (Å²) >= 11 is 6.79. The van der Waals surface area contributed by atoms with Crippen molar-refractivity contribution in [1.82, 2.24) is 9.36 Å². The first-order valence-corrected chi connectivity index (χ1v) is 6.74. The minimum absolute atomic E-state index is 0.100. The van der Waals surface area contributed by atoms with Gasteiger partial charge in [-0.1, -0.05) is 23.9 Å². The second kappa shape index (κ2) is 5.48. The van der Waals surface area contributed by atoms with E-state index >= 15 is 0 Å². The monoisotopic (exact) mass is 285 g/mol. The Balaban J connectivity index is 1.97. The Hall–Kier alpha value is -1.12. The fourth-order valence-corrected chi connectivity index (χ4v) is 2.76. The van der Waals surface area contributed by atoms with Crippen LogP contribution in [0.1, 0.15) is 5.56 Å². The molecule has 0 aliphatic rings. The number of nitro benzene ring substituents is 1. The lowest BCUT2D eigenvalue weighted by atomic mass is 10.2. The summed E-state index contributed by atoms with van der Waals surface area (Å²) < 4.78 is 4.72. The molecule has 17 heavy (non-hydrogen) atoms. The maximum Gasteiger partial charge on any atom is 0.269 e. The van der Waals surface area contributed by atoms with Crippen LogP contribution in [0.5, 0.6) is 0 Å². The van der Waals surface area contributed by atoms with Gasteiger partial charge in [0.05, 0.1) is 4.92 Å². The summed E-state index contributed by atoms with van der Waals surface area (Å²) in [6.45, 7) is 0. The molecule has 0 spiro atoms. The van der Waals surface area contributed by atoms with E-state index in [0.29, 0.717) is 15.2 Å². The highest BCUT2D eigenvalue weighted by molar-refractivity contribution is 7.98. The summed E-state index contributed by atoms with van der Waals surface area (Å²) in [6.07, 6.45) is 0. The van der Waals surface area contributed by atoms with Crippen molar-refractivity contribution < 1.29 is 4.92 Å². The first-order valence-electron chi connectivity index (χ1n) is 4.54. The van der Waals surface area contributed by atoms with Crippen molar-refractivity contribution >= 4 is 41.6 Å². The summed E-state index contributed by atoms with van der Waals surface area (Å²) in [5, 5.41) is 11.1. The van der Waals surface area contributed by atoms with Crippen LogP contribution in [0.25, 0.3) is 0 Å². The van der Waals surface area contributed by atoms with Gasteiger partial charge in [0.2, 0.25) is 5.16 Å². The van der Waals surface area contributed by atoms with Gasteiger partial charge in [0.1, 0.15) is 0 Å². The fourth-order valence-electron chi connectivity index (χ4n) is 1.12. The predicted molar refractivity (Wildman–Crippen MR) is 69.8 cm³/mol. The molecule has 0 bridgehead atoms. The number of thioether (sulfide) groups is 1. The van der Waals surface area contributed by atoms with E-state index in [9.17, 15) is 10.1 Å². The average molecular weight is 285 g/mol. The molecular formula is C9H7N3O2S3. The highest BCUT2D eigenvalue weighted by atomic mass is 32.2. The third kappa shape index (κ3) is 3.42. The van der Waals surface area contributed by atoms with Gasteiger partial charge in [-0.15, -0.1) is 12.6 Å². The molecule has 0 aliphatic carbocycles. The number of nitro groups is 1. The lowest BCUT2D eigenvalue weighted by Crippen LogP contribution is -1.88. The van der Waals surface area contributed by atoms with Crippen LogP contribution in [0.4, 0.5) is 5.69 Å². The summed E-state index contributed by atoms with van der Waals surface area (Å²) in [4.78, 5) is 14.2. The van der Waals surface area contributed by atoms with Gasteiger partial charge in [-0.05, 0) is 17.1 Å². The molecule has 88 valence electrons. The SMILES string of the molecule is O=[N+]([O-])c1ccc(CSc2nsc(S)n2)cc1. The zero-order valence-electron chi connectivity index (χ0n) is 8.44. The van der Waals surface area contributed by atoms with Crippen LogP contribution >= 0.6 is 35.9 Å². The smallest absolute Gasteiger partial charge is 0.258 e. The molecule has 0 atom stereocenters. The van der Waals surface area contributed by atoms with E-state index in [4.69, 9.17) is 0 Å². The molecule has 0 amide bonds. The van der Waals surface area contributed by atoms with E-state index in [1.165, 1.54) is 35.4 Å². The lowest BCUT2D eigenvalue weighted by Gasteiger charge is -1.97. The van der Waals surface area contributed by atoms with Gasteiger partial charge in [-0.25, -0.2) is 4.98 Å². The quantitative estimate of drug-likeness (QED) is 0.405. The van der Waals surface area contributed by atoms with Crippen LogP contribution in [0.15, 0.2) is 33.8 Å². The summed E-state index contributed by atoms with van der Waals surface area (Å²) in [5.74, 6) is 0.682. The molecule has 1 heterocycles. The summed E-state index contributed by atoms with van der Waals surface area (Å²) in [6, 6.07) is 6.46. The maximum absolute atomic E-state index is 10.5. The predicted octanol–water partition coefficient (Wildman–Crippen LogP) is 3.03. The van der Waals surface area contributed by atoms with Crippen molar-refractivity contribution in [3.05, 3.63) is 39.9 Å². The van der Waals surface area contributed by atoms with Crippen LogP contribution in [-0.4, -0.2) is 14.3 Å². The lowest BCUT2D eigenvalue weighted by molar-refractivity contribution is -0.384. The Morgan fingerprint density at radius 2 is 2.12 bits per heavy atom. The molecule has 0 N–H and O–H groups in total. The molecule has 5 nitrogen and oxygen atoms in total. The topological polar surface area (TPSA) is 68.9 Å². The van der Waals surface area contributed by atoms with E-state index in [1.807, 2.05) is 0 Å². The van der Waals surface area contributed by atoms with E-state index in [1.54, 1.807) is 12.1 Å². The molecule has 0 fully saturated rings. The molecule has 0 saturated carbocycles. The van der Waals surface area contributed by atoms with Crippen molar-refractivity contribution in [3.8, 4) is 0 Å². The zero-order chi connectivity index (χ0) is 12.3. The molecule has 0 aliphatic heterocycles. The van der Waals surface area contributed by atoms with Crippen molar-refractivity contribution in [1.29, 1.82) is 0 Å². The normalized spacial score (nSPS) is 10.4. The number of benzene rings is 1. The largest absolute Gasteiger partial charge is 0.269 e. The Morgan fingerprint density at radius 3 is 2.65 bits per heavy atom. The third-order valence-corrected chi connectivity index (χ3v) is 3.81. The fraction of sp³-hybridized carbons (Fsp3) is 0.111. The molecule has 2 aromatic rings. The van der Waals surface area contributed by atoms with Crippen molar-refractivity contribution in [2.75, 3.05) is 0 Å². The van der Waals surface area contributed by atoms with E-state index in [2.05, 4.69) is 22.0 Å². The standard InChI is InChI=1S/C9H7N3O2S3/c13-12(14)7-3-1-6(2-4-7)5-16-8-10-9(15)17-11-8/h1-4H,5H2,(H,10,11,15). The number of thiol groups is 1. The van der Waals surface area contributed by atoms with Gasteiger partial charge in [0.25, 0.3) is 5.69 Å².